The molecule has 0 amide bonds. The summed E-state index contributed by atoms with van der Waals surface area (Å²) in [5.74, 6) is -0.351. The van der Waals surface area contributed by atoms with Crippen molar-refractivity contribution in [2.24, 2.45) is 0 Å². The highest BCUT2D eigenvalue weighted by Crippen LogP contribution is 2.30. The second-order valence-corrected chi connectivity index (χ2v) is 5.62. The van der Waals surface area contributed by atoms with Crippen LogP contribution in [0.25, 0.3) is 0 Å². The van der Waals surface area contributed by atoms with Gasteiger partial charge in [0, 0.05) is 19.1 Å². The SMILES string of the molecule is CCOC(=O)c1cccc(N2CCCN(C)CC2C)c1N. The van der Waals surface area contributed by atoms with E-state index in [1.54, 1.807) is 13.0 Å². The Morgan fingerprint density at radius 2 is 2.19 bits per heavy atom. The second-order valence-electron chi connectivity index (χ2n) is 5.62. The first kappa shape index (κ1) is 15.6. The van der Waals surface area contributed by atoms with Crippen molar-refractivity contribution in [3.63, 3.8) is 0 Å². The maximum Gasteiger partial charge on any atom is 0.340 e. The summed E-state index contributed by atoms with van der Waals surface area (Å²) in [5.41, 5.74) is 8.15. The molecule has 1 unspecified atom stereocenters. The van der Waals surface area contributed by atoms with Crippen molar-refractivity contribution in [2.75, 3.05) is 43.9 Å². The molecular formula is C16H25N3O2. The van der Waals surface area contributed by atoms with Gasteiger partial charge >= 0.3 is 5.97 Å². The van der Waals surface area contributed by atoms with Crippen LogP contribution < -0.4 is 10.6 Å². The van der Waals surface area contributed by atoms with Crippen LogP contribution in [0.3, 0.4) is 0 Å². The number of anilines is 2. The van der Waals surface area contributed by atoms with Gasteiger partial charge in [0.1, 0.15) is 0 Å². The first-order valence-corrected chi connectivity index (χ1v) is 7.55. The highest BCUT2D eigenvalue weighted by molar-refractivity contribution is 5.98. The Morgan fingerprint density at radius 1 is 1.43 bits per heavy atom. The van der Waals surface area contributed by atoms with Gasteiger partial charge in [-0.15, -0.1) is 0 Å². The number of nitrogens with two attached hydrogens (primary N) is 1. The standard InChI is InChI=1S/C16H25N3O2/c1-4-21-16(20)13-7-5-8-14(15(13)17)19-10-6-9-18(3)11-12(19)2/h5,7-8,12H,4,6,9-11,17H2,1-3H3. The molecule has 1 aliphatic rings. The number of ether oxygens (including phenoxy) is 1. The fourth-order valence-electron chi connectivity index (χ4n) is 2.92. The average Bonchev–Trinajstić information content (AvgIpc) is 2.60. The number of hydrogen-bond donors (Lipinski definition) is 1. The summed E-state index contributed by atoms with van der Waals surface area (Å²) in [4.78, 5) is 16.6. The number of carbonyl (C=O) groups is 1. The van der Waals surface area contributed by atoms with Crippen molar-refractivity contribution in [3.8, 4) is 0 Å². The van der Waals surface area contributed by atoms with Crippen molar-refractivity contribution in [2.45, 2.75) is 26.3 Å². The first-order chi connectivity index (χ1) is 10.0. The molecular weight excluding hydrogens is 266 g/mol. The summed E-state index contributed by atoms with van der Waals surface area (Å²) >= 11 is 0. The second kappa shape index (κ2) is 6.80. The van der Waals surface area contributed by atoms with Crippen LogP contribution in [-0.4, -0.2) is 50.2 Å². The first-order valence-electron chi connectivity index (χ1n) is 7.55. The number of esters is 1. The topological polar surface area (TPSA) is 58.8 Å². The fourth-order valence-corrected chi connectivity index (χ4v) is 2.92. The molecule has 0 bridgehead atoms. The molecule has 0 spiro atoms. The molecule has 5 nitrogen and oxygen atoms in total. The molecule has 0 aliphatic carbocycles. The van der Waals surface area contributed by atoms with Gasteiger partial charge in [-0.1, -0.05) is 6.07 Å². The number of nitrogens with zero attached hydrogens (tertiary/aromatic N) is 2. The Hall–Kier alpha value is -1.75. The van der Waals surface area contributed by atoms with Crippen molar-refractivity contribution < 1.29 is 9.53 Å². The minimum atomic E-state index is -0.351. The van der Waals surface area contributed by atoms with Crippen molar-refractivity contribution in [1.82, 2.24) is 4.90 Å². The third-order valence-corrected chi connectivity index (χ3v) is 3.93. The van der Waals surface area contributed by atoms with Gasteiger partial charge < -0.3 is 20.3 Å². The van der Waals surface area contributed by atoms with Crippen LogP contribution in [0.2, 0.25) is 0 Å². The lowest BCUT2D eigenvalue weighted by molar-refractivity contribution is 0.0527. The lowest BCUT2D eigenvalue weighted by Gasteiger charge is -2.31. The van der Waals surface area contributed by atoms with E-state index in [1.165, 1.54) is 0 Å². The number of para-hydroxylation sites is 1. The van der Waals surface area contributed by atoms with Crippen LogP contribution in [0.15, 0.2) is 18.2 Å². The molecule has 1 aromatic rings. The van der Waals surface area contributed by atoms with Crippen LogP contribution in [0.1, 0.15) is 30.6 Å². The number of nitrogen functional groups attached to an aromatic ring is 1. The number of likely N-dealkylation sites (N-methyl/N-ethyl adjacent to an activating group) is 1. The van der Waals surface area contributed by atoms with Gasteiger partial charge in [0.25, 0.3) is 0 Å². The van der Waals surface area contributed by atoms with Gasteiger partial charge in [0.2, 0.25) is 0 Å². The maximum absolute atomic E-state index is 12.0. The molecule has 0 aromatic heterocycles. The summed E-state index contributed by atoms with van der Waals surface area (Å²) in [5, 5.41) is 0. The number of benzene rings is 1. The monoisotopic (exact) mass is 291 g/mol. The Kier molecular flexibility index (Phi) is 5.07. The largest absolute Gasteiger partial charge is 0.462 e. The van der Waals surface area contributed by atoms with Crippen LogP contribution in [-0.2, 0) is 4.74 Å². The van der Waals surface area contributed by atoms with Crippen LogP contribution in [0, 0.1) is 0 Å². The quantitative estimate of drug-likeness (QED) is 0.681. The highest BCUT2D eigenvalue weighted by atomic mass is 16.5. The number of carbonyl (C=O) groups excluding carboxylic acids is 1. The molecule has 1 aliphatic heterocycles. The van der Waals surface area contributed by atoms with E-state index in [0.717, 1.165) is 31.7 Å². The predicted octanol–water partition coefficient (Wildman–Crippen LogP) is 1.98. The Morgan fingerprint density at radius 3 is 2.90 bits per heavy atom. The van der Waals surface area contributed by atoms with E-state index >= 15 is 0 Å². The van der Waals surface area contributed by atoms with E-state index in [4.69, 9.17) is 10.5 Å². The molecule has 0 saturated carbocycles. The zero-order chi connectivity index (χ0) is 15.4. The molecule has 1 atom stereocenters. The van der Waals surface area contributed by atoms with Gasteiger partial charge in [-0.3, -0.25) is 0 Å². The smallest absolute Gasteiger partial charge is 0.340 e. The molecule has 1 fully saturated rings. The summed E-state index contributed by atoms with van der Waals surface area (Å²) in [7, 11) is 2.14. The third-order valence-electron chi connectivity index (χ3n) is 3.93. The predicted molar refractivity (Wildman–Crippen MR) is 85.7 cm³/mol. The number of rotatable bonds is 3. The van der Waals surface area contributed by atoms with Crippen LogP contribution >= 0.6 is 0 Å². The highest BCUT2D eigenvalue weighted by Gasteiger charge is 2.23. The van der Waals surface area contributed by atoms with E-state index in [-0.39, 0.29) is 5.97 Å². The molecule has 0 radical (unpaired) electrons. The summed E-state index contributed by atoms with van der Waals surface area (Å²) < 4.78 is 5.07. The summed E-state index contributed by atoms with van der Waals surface area (Å²) in [6.07, 6.45) is 1.09. The van der Waals surface area contributed by atoms with Crippen molar-refractivity contribution in [1.29, 1.82) is 0 Å². The molecule has 1 aromatic carbocycles. The fraction of sp³-hybridized carbons (Fsp3) is 0.562. The Bertz CT molecular complexity index is 504. The van der Waals surface area contributed by atoms with E-state index in [2.05, 4.69) is 23.8 Å². The molecule has 1 saturated heterocycles. The lowest BCUT2D eigenvalue weighted by Crippen LogP contribution is -2.38. The zero-order valence-electron chi connectivity index (χ0n) is 13.1. The van der Waals surface area contributed by atoms with E-state index < -0.39 is 0 Å². The molecule has 2 rings (SSSR count). The lowest BCUT2D eigenvalue weighted by atomic mass is 10.1. The summed E-state index contributed by atoms with van der Waals surface area (Å²) in [6, 6.07) is 5.95. The third kappa shape index (κ3) is 3.47. The normalized spacial score (nSPS) is 20.1. The van der Waals surface area contributed by atoms with Gasteiger partial charge in [0.15, 0.2) is 0 Å². The summed E-state index contributed by atoms with van der Waals surface area (Å²) in [6.45, 7) is 7.36. The van der Waals surface area contributed by atoms with Gasteiger partial charge in [-0.2, -0.15) is 0 Å². The molecule has 5 heteroatoms. The molecule has 116 valence electrons. The Labute approximate surface area is 126 Å². The van der Waals surface area contributed by atoms with E-state index in [0.29, 0.717) is 23.9 Å². The average molecular weight is 291 g/mol. The minimum Gasteiger partial charge on any atom is -0.462 e. The molecule has 21 heavy (non-hydrogen) atoms. The van der Waals surface area contributed by atoms with Crippen molar-refractivity contribution in [3.05, 3.63) is 23.8 Å². The van der Waals surface area contributed by atoms with Gasteiger partial charge in [-0.25, -0.2) is 4.79 Å². The van der Waals surface area contributed by atoms with Gasteiger partial charge in [0.05, 0.1) is 23.5 Å². The van der Waals surface area contributed by atoms with Gasteiger partial charge in [-0.05, 0) is 46.0 Å². The maximum atomic E-state index is 12.0. The zero-order valence-corrected chi connectivity index (χ0v) is 13.1. The van der Waals surface area contributed by atoms with Crippen LogP contribution in [0.5, 0.6) is 0 Å². The van der Waals surface area contributed by atoms with Crippen LogP contribution in [0.4, 0.5) is 11.4 Å². The molecule has 2 N–H and O–H groups in total. The number of hydrogen-bond acceptors (Lipinski definition) is 5. The Balaban J connectivity index is 2.31. The molecule has 1 heterocycles. The van der Waals surface area contributed by atoms with E-state index in [1.807, 2.05) is 12.1 Å². The van der Waals surface area contributed by atoms with Crippen molar-refractivity contribution >= 4 is 17.3 Å². The minimum absolute atomic E-state index is 0.351. The van der Waals surface area contributed by atoms with E-state index in [9.17, 15) is 4.79 Å².